The van der Waals surface area contributed by atoms with Crippen molar-refractivity contribution >= 4 is 34.6 Å². The van der Waals surface area contributed by atoms with Gasteiger partial charge < -0.3 is 10.6 Å². The van der Waals surface area contributed by atoms with Crippen LogP contribution in [0, 0.1) is 6.92 Å². The lowest BCUT2D eigenvalue weighted by atomic mass is 10.2. The molecule has 0 fully saturated rings. The fourth-order valence-electron chi connectivity index (χ4n) is 1.47. The number of aryl methyl sites for hydroxylation is 1. The Morgan fingerprint density at radius 1 is 1.35 bits per heavy atom. The number of unbranched alkanes of at least 4 members (excludes halogenated alkanes) is 2. The van der Waals surface area contributed by atoms with Crippen LogP contribution in [0.15, 0.2) is 18.2 Å². The zero-order valence-electron chi connectivity index (χ0n) is 10.3. The lowest BCUT2D eigenvalue weighted by Crippen LogP contribution is -2.29. The molecular formula is C13H19ClN2S. The van der Waals surface area contributed by atoms with E-state index in [1.54, 1.807) is 0 Å². The molecule has 2 N–H and O–H groups in total. The predicted octanol–water partition coefficient (Wildman–Crippen LogP) is 4.13. The number of thiocarbonyl (C=S) groups is 1. The van der Waals surface area contributed by atoms with Crippen molar-refractivity contribution in [3.63, 3.8) is 0 Å². The molecule has 0 saturated carbocycles. The Morgan fingerprint density at radius 2 is 2.12 bits per heavy atom. The van der Waals surface area contributed by atoms with Gasteiger partial charge in [0.15, 0.2) is 5.11 Å². The Bertz CT molecular complexity index is 380. The Hall–Kier alpha value is -0.800. The van der Waals surface area contributed by atoms with Crippen LogP contribution >= 0.6 is 23.8 Å². The molecule has 4 heteroatoms. The van der Waals surface area contributed by atoms with Crippen LogP contribution in [0.2, 0.25) is 5.02 Å². The van der Waals surface area contributed by atoms with E-state index in [9.17, 15) is 0 Å². The minimum atomic E-state index is 0.659. The molecule has 0 saturated heterocycles. The van der Waals surface area contributed by atoms with Crippen LogP contribution in [-0.2, 0) is 0 Å². The molecule has 0 spiro atoms. The minimum absolute atomic E-state index is 0.659. The summed E-state index contributed by atoms with van der Waals surface area (Å²) in [5.41, 5.74) is 2.09. The van der Waals surface area contributed by atoms with Crippen molar-refractivity contribution < 1.29 is 0 Å². The Morgan fingerprint density at radius 3 is 2.82 bits per heavy atom. The van der Waals surface area contributed by atoms with E-state index >= 15 is 0 Å². The van der Waals surface area contributed by atoms with Gasteiger partial charge in [0, 0.05) is 17.3 Å². The molecule has 0 aliphatic carbocycles. The molecule has 0 aromatic heterocycles. The van der Waals surface area contributed by atoms with E-state index < -0.39 is 0 Å². The summed E-state index contributed by atoms with van der Waals surface area (Å²) in [6, 6.07) is 5.74. The second-order valence-electron chi connectivity index (χ2n) is 4.05. The van der Waals surface area contributed by atoms with E-state index in [0.717, 1.165) is 24.2 Å². The molecule has 1 aromatic carbocycles. The van der Waals surface area contributed by atoms with Crippen LogP contribution in [0.5, 0.6) is 0 Å². The van der Waals surface area contributed by atoms with E-state index in [1.165, 1.54) is 12.8 Å². The van der Waals surface area contributed by atoms with Crippen molar-refractivity contribution in [2.75, 3.05) is 11.9 Å². The highest BCUT2D eigenvalue weighted by atomic mass is 35.5. The summed E-state index contributed by atoms with van der Waals surface area (Å²) in [7, 11) is 0. The van der Waals surface area contributed by atoms with Crippen molar-refractivity contribution in [1.29, 1.82) is 0 Å². The smallest absolute Gasteiger partial charge is 0.170 e. The molecule has 0 amide bonds. The Balaban J connectivity index is 2.42. The molecule has 94 valence electrons. The number of benzene rings is 1. The van der Waals surface area contributed by atoms with Gasteiger partial charge in [-0.1, -0.05) is 37.4 Å². The molecular weight excluding hydrogens is 252 g/mol. The average Bonchev–Trinajstić information content (AvgIpc) is 2.29. The van der Waals surface area contributed by atoms with Gasteiger partial charge in [0.1, 0.15) is 0 Å². The molecule has 1 aromatic rings. The largest absolute Gasteiger partial charge is 0.362 e. The Kier molecular flexibility index (Phi) is 6.30. The zero-order chi connectivity index (χ0) is 12.7. The van der Waals surface area contributed by atoms with Gasteiger partial charge in [-0.15, -0.1) is 0 Å². The highest BCUT2D eigenvalue weighted by Gasteiger charge is 2.01. The summed E-state index contributed by atoms with van der Waals surface area (Å²) in [5.74, 6) is 0. The van der Waals surface area contributed by atoms with Crippen LogP contribution in [0.1, 0.15) is 31.7 Å². The maximum absolute atomic E-state index is 5.94. The molecule has 0 bridgehead atoms. The molecule has 0 aliphatic rings. The lowest BCUT2D eigenvalue weighted by molar-refractivity contribution is 0.698. The number of hydrogen-bond acceptors (Lipinski definition) is 1. The highest BCUT2D eigenvalue weighted by molar-refractivity contribution is 7.80. The van der Waals surface area contributed by atoms with E-state index in [0.29, 0.717) is 10.1 Å². The SMILES string of the molecule is CCCCCNC(=S)Nc1cc(Cl)ccc1C. The molecule has 1 rings (SSSR count). The topological polar surface area (TPSA) is 24.1 Å². The van der Waals surface area contributed by atoms with Gasteiger partial charge >= 0.3 is 0 Å². The second-order valence-corrected chi connectivity index (χ2v) is 4.89. The summed E-state index contributed by atoms with van der Waals surface area (Å²) < 4.78 is 0. The van der Waals surface area contributed by atoms with E-state index in [1.807, 2.05) is 25.1 Å². The molecule has 2 nitrogen and oxygen atoms in total. The second kappa shape index (κ2) is 7.51. The van der Waals surface area contributed by atoms with Crippen LogP contribution in [0.25, 0.3) is 0 Å². The number of nitrogens with one attached hydrogen (secondary N) is 2. The first-order chi connectivity index (χ1) is 8.13. The zero-order valence-corrected chi connectivity index (χ0v) is 11.9. The summed E-state index contributed by atoms with van der Waals surface area (Å²) in [6.45, 7) is 5.13. The van der Waals surface area contributed by atoms with Crippen LogP contribution < -0.4 is 10.6 Å². The average molecular weight is 271 g/mol. The fourth-order valence-corrected chi connectivity index (χ4v) is 1.86. The first kappa shape index (κ1) is 14.3. The molecule has 0 unspecified atom stereocenters. The third kappa shape index (κ3) is 5.37. The predicted molar refractivity (Wildman–Crippen MR) is 79.9 cm³/mol. The number of hydrogen-bond donors (Lipinski definition) is 2. The molecule has 0 heterocycles. The normalized spacial score (nSPS) is 10.1. The van der Waals surface area contributed by atoms with Crippen molar-refractivity contribution in [2.45, 2.75) is 33.1 Å². The third-order valence-electron chi connectivity index (χ3n) is 2.51. The molecule has 17 heavy (non-hydrogen) atoms. The summed E-state index contributed by atoms with van der Waals surface area (Å²) >= 11 is 11.2. The third-order valence-corrected chi connectivity index (χ3v) is 3.00. The van der Waals surface area contributed by atoms with Crippen LogP contribution in [0.4, 0.5) is 5.69 Å². The van der Waals surface area contributed by atoms with E-state index in [-0.39, 0.29) is 0 Å². The van der Waals surface area contributed by atoms with Gasteiger partial charge in [0.2, 0.25) is 0 Å². The van der Waals surface area contributed by atoms with Crippen molar-refractivity contribution in [3.05, 3.63) is 28.8 Å². The summed E-state index contributed by atoms with van der Waals surface area (Å²) in [5, 5.41) is 7.73. The van der Waals surface area contributed by atoms with Crippen molar-refractivity contribution in [2.24, 2.45) is 0 Å². The monoisotopic (exact) mass is 270 g/mol. The van der Waals surface area contributed by atoms with Gasteiger partial charge in [0.25, 0.3) is 0 Å². The quantitative estimate of drug-likeness (QED) is 0.622. The summed E-state index contributed by atoms with van der Waals surface area (Å²) in [6.07, 6.45) is 3.59. The number of halogens is 1. The van der Waals surface area contributed by atoms with Gasteiger partial charge in [-0.3, -0.25) is 0 Å². The first-order valence-electron chi connectivity index (χ1n) is 5.94. The van der Waals surface area contributed by atoms with Gasteiger partial charge in [-0.25, -0.2) is 0 Å². The Labute approximate surface area is 114 Å². The molecule has 0 aliphatic heterocycles. The maximum Gasteiger partial charge on any atom is 0.170 e. The first-order valence-corrected chi connectivity index (χ1v) is 6.73. The van der Waals surface area contributed by atoms with Crippen molar-refractivity contribution in [1.82, 2.24) is 5.32 Å². The lowest BCUT2D eigenvalue weighted by Gasteiger charge is -2.12. The van der Waals surface area contributed by atoms with Gasteiger partial charge in [-0.05, 0) is 43.3 Å². The summed E-state index contributed by atoms with van der Waals surface area (Å²) in [4.78, 5) is 0. The van der Waals surface area contributed by atoms with Crippen LogP contribution in [0.3, 0.4) is 0 Å². The standard InChI is InChI=1S/C13H19ClN2S/c1-3-4-5-8-15-13(17)16-12-9-11(14)7-6-10(12)2/h6-7,9H,3-5,8H2,1-2H3,(H2,15,16,17). The number of rotatable bonds is 5. The van der Waals surface area contributed by atoms with Crippen molar-refractivity contribution in [3.8, 4) is 0 Å². The van der Waals surface area contributed by atoms with Gasteiger partial charge in [-0.2, -0.15) is 0 Å². The highest BCUT2D eigenvalue weighted by Crippen LogP contribution is 2.19. The minimum Gasteiger partial charge on any atom is -0.362 e. The van der Waals surface area contributed by atoms with Gasteiger partial charge in [0.05, 0.1) is 0 Å². The fraction of sp³-hybridized carbons (Fsp3) is 0.462. The number of anilines is 1. The van der Waals surface area contributed by atoms with E-state index in [4.69, 9.17) is 23.8 Å². The maximum atomic E-state index is 5.94. The molecule has 0 atom stereocenters. The van der Waals surface area contributed by atoms with E-state index in [2.05, 4.69) is 17.6 Å². The molecule has 0 radical (unpaired) electrons. The van der Waals surface area contributed by atoms with Crippen LogP contribution in [-0.4, -0.2) is 11.7 Å².